The van der Waals surface area contributed by atoms with Crippen molar-refractivity contribution < 1.29 is 87.2 Å². The fourth-order valence-corrected chi connectivity index (χ4v) is 12.3. The highest BCUT2D eigenvalue weighted by molar-refractivity contribution is 7.80. The van der Waals surface area contributed by atoms with Gasteiger partial charge in [0.2, 0.25) is 82.7 Å². The van der Waals surface area contributed by atoms with Crippen LogP contribution in [0.5, 0.6) is 5.75 Å². The van der Waals surface area contributed by atoms with Crippen LogP contribution in [0.25, 0.3) is 0 Å². The summed E-state index contributed by atoms with van der Waals surface area (Å²) in [6, 6.07) is -13.5. The van der Waals surface area contributed by atoms with Gasteiger partial charge in [-0.25, -0.2) is 4.79 Å². The number of aliphatic hydroxyl groups excluding tert-OH is 1. The van der Waals surface area contributed by atoms with E-state index in [9.17, 15) is 87.2 Å². The minimum Gasteiger partial charge on any atom is -0.508 e. The first-order valence-electron chi connectivity index (χ1n) is 37.7. The first kappa shape index (κ1) is 97.6. The Kier molecular flexibility index (Phi) is 44.8. The second-order valence-corrected chi connectivity index (χ2v) is 30.3. The SMILES string of the molecule is CC(C)C[C@H](NC(=O)[C@H](CCCCN)NC(=O)[C@H](CS)NC(=O)[C@H](CC(N)=O)NC(=O)[C@H](CCCCN)NC(=O)[C@H](CC(C)C)NC(=O)[C@@H](NC(=O)[C@@H]1CCCN1C(=O)[C@H](CC(C)C)NC(=O)[C@H](C)NC(=O)[C@H](Cc1ccc(O)cc1)NC(=O)[C@H](CCCCN)NC(=O)[C@@H](NC(=O)[C@@H](N)CS)[C@@H](C)O)C(C)C)C(=O)O. The molecule has 0 radical (unpaired) electrons. The Hall–Kier alpha value is -8.43. The van der Waals surface area contributed by atoms with Gasteiger partial charge < -0.3 is 113 Å². The van der Waals surface area contributed by atoms with E-state index in [0.717, 1.165) is 0 Å². The predicted octanol–water partition coefficient (Wildman–Crippen LogP) is -3.53. The molecule has 0 saturated carbocycles. The van der Waals surface area contributed by atoms with Crippen molar-refractivity contribution in [2.45, 2.75) is 263 Å². The number of phenols is 1. The summed E-state index contributed by atoms with van der Waals surface area (Å²) in [6.07, 6.45) is 0.288. The molecule has 1 aliphatic heterocycles. The van der Waals surface area contributed by atoms with Gasteiger partial charge in [0, 0.05) is 24.5 Å². The number of rotatable bonds is 52. The minimum absolute atomic E-state index is 0.00370. The van der Waals surface area contributed by atoms with Crippen LogP contribution in [0.15, 0.2) is 24.3 Å². The zero-order chi connectivity index (χ0) is 83.2. The van der Waals surface area contributed by atoms with Crippen molar-refractivity contribution in [2.24, 2.45) is 52.3 Å². The summed E-state index contributed by atoms with van der Waals surface area (Å²) in [5.41, 5.74) is 29.0. The Bertz CT molecular complexity index is 3210. The van der Waals surface area contributed by atoms with E-state index < -0.39 is 192 Å². The van der Waals surface area contributed by atoms with Crippen molar-refractivity contribution in [1.82, 2.24) is 68.7 Å². The minimum atomic E-state index is -1.75. The maximum Gasteiger partial charge on any atom is 0.326 e. The van der Waals surface area contributed by atoms with Crippen LogP contribution >= 0.6 is 25.3 Å². The van der Waals surface area contributed by atoms with Gasteiger partial charge in [-0.05, 0) is 165 Å². The molecule has 38 heteroatoms. The summed E-state index contributed by atoms with van der Waals surface area (Å²) in [7, 11) is 0. The van der Waals surface area contributed by atoms with Crippen molar-refractivity contribution >= 4 is 114 Å². The third-order valence-corrected chi connectivity index (χ3v) is 18.8. The molecule has 1 heterocycles. The van der Waals surface area contributed by atoms with Crippen LogP contribution in [0.3, 0.4) is 0 Å². The Morgan fingerprint density at radius 3 is 1.32 bits per heavy atom. The number of aliphatic carboxylic acids is 1. The molecule has 15 atom stereocenters. The number of carboxylic acid groups (broad SMARTS) is 1. The molecule has 0 spiro atoms. The summed E-state index contributed by atoms with van der Waals surface area (Å²) in [5.74, 6) is -15.3. The highest BCUT2D eigenvalue weighted by Gasteiger charge is 2.42. The van der Waals surface area contributed by atoms with Gasteiger partial charge in [0.15, 0.2) is 0 Å². The first-order chi connectivity index (χ1) is 51.7. The van der Waals surface area contributed by atoms with Crippen LogP contribution < -0.4 is 92.5 Å². The standard InChI is InChI=1S/C72H124N18O18S2/c1-37(2)30-49(65(100)79-46(18-11-14-26-73)61(96)83-51(34-56(77)93)66(101)87-54(36-110)67(102)80-47(19-12-15-27-74)63(98)86-53(72(107)108)32-39(5)6)84-69(104)57(40(7)8)88-68(103)55-21-17-29-90(55)71(106)52(31-38(3)4)85-59(94)41(9)78-64(99)50(33-43-22-24-44(92)25-23-43)82-62(97)48(20-13-16-28-75)81-70(105)58(42(10)91)89-60(95)45(76)35-109/h22-25,37-42,45-55,57-58,91-92,109-110H,11-21,26-36,73-76H2,1-10H3,(H2,77,93)(H,78,99)(H,79,100)(H,80,102)(H,81,105)(H,82,97)(H,83,96)(H,84,104)(H,85,94)(H,86,98)(H,87,101)(H,88,103)(H,89,95)(H,107,108)/t41-,42+,45-,46-,47-,48-,49-,50-,51-,52-,53-,54-,55-,57-,58-/m0/s1. The number of carbonyl (C=O) groups excluding carboxylic acids is 14. The molecule has 1 aromatic carbocycles. The fourth-order valence-electron chi connectivity index (χ4n) is 11.9. The topological polar surface area (TPSA) is 594 Å². The molecule has 0 aromatic heterocycles. The Labute approximate surface area is 655 Å². The van der Waals surface area contributed by atoms with Gasteiger partial charge in [-0.2, -0.15) is 25.3 Å². The molecule has 25 N–H and O–H groups in total. The van der Waals surface area contributed by atoms with E-state index in [0.29, 0.717) is 44.1 Å². The van der Waals surface area contributed by atoms with Crippen molar-refractivity contribution in [3.05, 3.63) is 29.8 Å². The lowest BCUT2D eigenvalue weighted by atomic mass is 9.98. The smallest absolute Gasteiger partial charge is 0.326 e. The average molecular weight is 1590 g/mol. The molecule has 0 bridgehead atoms. The number of hydrogen-bond acceptors (Lipinski definition) is 23. The van der Waals surface area contributed by atoms with Crippen LogP contribution in [0.2, 0.25) is 0 Å². The fraction of sp³-hybridized carbons (Fsp3) is 0.708. The van der Waals surface area contributed by atoms with Crippen LogP contribution in [-0.4, -0.2) is 237 Å². The Morgan fingerprint density at radius 2 is 0.864 bits per heavy atom. The lowest BCUT2D eigenvalue weighted by Gasteiger charge is -2.32. The number of primary amides is 1. The van der Waals surface area contributed by atoms with Gasteiger partial charge >= 0.3 is 5.97 Å². The van der Waals surface area contributed by atoms with Gasteiger partial charge in [-0.3, -0.25) is 67.1 Å². The second kappa shape index (κ2) is 50.5. The van der Waals surface area contributed by atoms with Gasteiger partial charge in [-0.15, -0.1) is 0 Å². The molecular weight excluding hydrogens is 1470 g/mol. The molecule has 110 heavy (non-hydrogen) atoms. The van der Waals surface area contributed by atoms with Crippen LogP contribution in [0.4, 0.5) is 0 Å². The lowest BCUT2D eigenvalue weighted by Crippen LogP contribution is -2.61. The quantitative estimate of drug-likeness (QED) is 0.0222. The maximum absolute atomic E-state index is 14.8. The normalized spacial score (nSPS) is 16.6. The van der Waals surface area contributed by atoms with Gasteiger partial charge in [0.05, 0.1) is 18.6 Å². The highest BCUT2D eigenvalue weighted by atomic mass is 32.1. The highest BCUT2D eigenvalue weighted by Crippen LogP contribution is 2.23. The number of nitrogens with two attached hydrogens (primary N) is 5. The number of likely N-dealkylation sites (tertiary alicyclic amines) is 1. The number of nitrogens with zero attached hydrogens (tertiary/aromatic N) is 1. The number of aliphatic hydroxyl groups is 1. The summed E-state index contributed by atoms with van der Waals surface area (Å²) >= 11 is 8.25. The molecule has 1 aliphatic rings. The van der Waals surface area contributed by atoms with Crippen molar-refractivity contribution in [3.8, 4) is 5.75 Å². The van der Waals surface area contributed by atoms with Crippen molar-refractivity contribution in [1.29, 1.82) is 0 Å². The summed E-state index contributed by atoms with van der Waals surface area (Å²) in [6.45, 7) is 17.3. The van der Waals surface area contributed by atoms with E-state index in [4.69, 9.17) is 28.7 Å². The molecule has 0 unspecified atom stereocenters. The van der Waals surface area contributed by atoms with Crippen molar-refractivity contribution in [2.75, 3.05) is 37.7 Å². The molecule has 622 valence electrons. The van der Waals surface area contributed by atoms with E-state index in [2.05, 4.69) is 89.1 Å². The summed E-state index contributed by atoms with van der Waals surface area (Å²) < 4.78 is 0. The molecule has 0 aliphatic carbocycles. The zero-order valence-electron chi connectivity index (χ0n) is 65.0. The van der Waals surface area contributed by atoms with Crippen LogP contribution in [-0.2, 0) is 78.3 Å². The van der Waals surface area contributed by atoms with Crippen LogP contribution in [0, 0.1) is 23.7 Å². The van der Waals surface area contributed by atoms with E-state index in [1.807, 2.05) is 0 Å². The van der Waals surface area contributed by atoms with Crippen molar-refractivity contribution in [3.63, 3.8) is 0 Å². The molecule has 36 nitrogen and oxygen atoms in total. The Morgan fingerprint density at radius 1 is 0.464 bits per heavy atom. The zero-order valence-corrected chi connectivity index (χ0v) is 66.8. The number of phenolic OH excluding ortho intramolecular Hbond substituents is 1. The van der Waals surface area contributed by atoms with E-state index >= 15 is 0 Å². The van der Waals surface area contributed by atoms with Gasteiger partial charge in [0.25, 0.3) is 0 Å². The predicted molar refractivity (Wildman–Crippen MR) is 416 cm³/mol. The second-order valence-electron chi connectivity index (χ2n) is 29.5. The number of carbonyl (C=O) groups is 15. The lowest BCUT2D eigenvalue weighted by molar-refractivity contribution is -0.143. The maximum atomic E-state index is 14.8. The number of aromatic hydroxyl groups is 1. The molecule has 1 saturated heterocycles. The number of carboxylic acids is 1. The molecule has 1 fully saturated rings. The Balaban J connectivity index is 2.42. The van der Waals surface area contributed by atoms with Gasteiger partial charge in [0.1, 0.15) is 84.3 Å². The van der Waals surface area contributed by atoms with Crippen LogP contribution in [0.1, 0.15) is 171 Å². The van der Waals surface area contributed by atoms with E-state index in [1.165, 1.54) is 43.0 Å². The van der Waals surface area contributed by atoms with E-state index in [1.54, 1.807) is 55.4 Å². The molecule has 14 amide bonds. The molecule has 1 aromatic rings. The number of nitrogens with one attached hydrogen (secondary N) is 12. The number of amides is 14. The molecular formula is C72H124N18O18S2. The van der Waals surface area contributed by atoms with Gasteiger partial charge in [-0.1, -0.05) is 67.5 Å². The molecule has 2 rings (SSSR count). The summed E-state index contributed by atoms with van der Waals surface area (Å²) in [5, 5.41) is 61.3. The van der Waals surface area contributed by atoms with E-state index in [-0.39, 0.29) is 119 Å². The number of hydrogen-bond donors (Lipinski definition) is 22. The largest absolute Gasteiger partial charge is 0.508 e. The number of benzene rings is 1. The summed E-state index contributed by atoms with van der Waals surface area (Å²) in [4.78, 5) is 209. The third-order valence-electron chi connectivity index (χ3n) is 18.0. The monoisotopic (exact) mass is 1590 g/mol. The first-order valence-corrected chi connectivity index (χ1v) is 39.0. The number of unbranched alkanes of at least 4 members (excludes halogenated alkanes) is 3. The third kappa shape index (κ3) is 34.9. The number of thiol groups is 2. The average Bonchev–Trinajstić information content (AvgIpc) is 1.61.